The molecule has 6 heteroatoms. The van der Waals surface area contributed by atoms with Crippen molar-refractivity contribution in [3.05, 3.63) is 122 Å². The van der Waals surface area contributed by atoms with Crippen LogP contribution in [0.3, 0.4) is 0 Å². The van der Waals surface area contributed by atoms with E-state index in [4.69, 9.17) is 12.3 Å². The van der Waals surface area contributed by atoms with Crippen LogP contribution in [-0.4, -0.2) is 28.8 Å². The molecular weight excluding hydrogens is 759 g/mol. The normalized spacial score (nSPS) is 13.6. The summed E-state index contributed by atoms with van der Waals surface area (Å²) in [5.74, 6) is -2.27. The molecule has 1 nitrogen and oxygen atoms in total. The van der Waals surface area contributed by atoms with Crippen molar-refractivity contribution in [3.63, 3.8) is 0 Å². The monoisotopic (exact) mass is 801 g/mol. The number of ketones is 1. The van der Waals surface area contributed by atoms with Crippen molar-refractivity contribution in [3.8, 4) is 22.3 Å². The predicted molar refractivity (Wildman–Crippen MR) is 184 cm³/mol. The molecule has 0 saturated carbocycles. The number of hydrogen-bond acceptors (Lipinski definition) is 1. The molecule has 204 valence electrons. The zero-order valence-corrected chi connectivity index (χ0v) is 29.5. The third kappa shape index (κ3) is 16.4. The molecule has 0 fully saturated rings. The second-order valence-electron chi connectivity index (χ2n) is 7.66. The van der Waals surface area contributed by atoms with E-state index in [0.29, 0.717) is 4.47 Å². The Bertz CT molecular complexity index is 1510. The van der Waals surface area contributed by atoms with E-state index < -0.39 is 32.3 Å². The molecule has 39 heavy (non-hydrogen) atoms. The average Bonchev–Trinajstić information content (AvgIpc) is 2.96. The van der Waals surface area contributed by atoms with Gasteiger partial charge in [-0.05, 0) is 104 Å². The van der Waals surface area contributed by atoms with E-state index >= 15 is 0 Å². The summed E-state index contributed by atoms with van der Waals surface area (Å²) in [5.41, 5.74) is 4.65. The third-order valence-corrected chi connectivity index (χ3v) is 7.47. The third-order valence-electron chi connectivity index (χ3n) is 4.45. The van der Waals surface area contributed by atoms with Crippen molar-refractivity contribution in [2.75, 3.05) is 0 Å². The first-order valence-corrected chi connectivity index (χ1v) is 14.0. The molecule has 0 amide bonds. The minimum Gasteiger partial charge on any atom is -1.00 e. The van der Waals surface area contributed by atoms with Crippen molar-refractivity contribution in [2.45, 2.75) is 47.2 Å². The SMILES string of the molecule is Brc1cc(-c2ccccc2)ccc1I.C[CH-]C.[2H]C([2H])([2H])C(C)=O.[2H]C([2H])([2H])C(c1ccc(-c2ccccc2)cc1Br)C([2H])([2H])[2H].[Cl-].[Mg+2]. The summed E-state index contributed by atoms with van der Waals surface area (Å²) in [4.78, 5) is 9.90. The molecule has 0 saturated heterocycles. The Morgan fingerprint density at radius 2 is 1.18 bits per heavy atom. The number of benzene rings is 4. The van der Waals surface area contributed by atoms with Crippen LogP contribution in [0.15, 0.2) is 106 Å². The van der Waals surface area contributed by atoms with E-state index in [1.54, 1.807) is 18.2 Å². The van der Waals surface area contributed by atoms with Crippen molar-refractivity contribution in [1.29, 1.82) is 0 Å². The molecule has 4 aromatic carbocycles. The maximum absolute atomic E-state index is 9.90. The largest absolute Gasteiger partial charge is 2.00 e. The van der Waals surface area contributed by atoms with Crippen molar-refractivity contribution in [2.24, 2.45) is 0 Å². The number of halogens is 4. The van der Waals surface area contributed by atoms with Gasteiger partial charge in [0, 0.05) is 24.9 Å². The van der Waals surface area contributed by atoms with Gasteiger partial charge in [-0.15, -0.1) is 0 Å². The second kappa shape index (κ2) is 22.9. The molecule has 4 aromatic rings. The van der Waals surface area contributed by atoms with Gasteiger partial charge in [0.2, 0.25) is 0 Å². The van der Waals surface area contributed by atoms with E-state index in [2.05, 4.69) is 96.9 Å². The minimum absolute atomic E-state index is 0. The van der Waals surface area contributed by atoms with Crippen LogP contribution < -0.4 is 12.4 Å². The molecule has 0 unspecified atom stereocenters. The summed E-state index contributed by atoms with van der Waals surface area (Å²) in [6.45, 7) is -2.53. The Morgan fingerprint density at radius 3 is 1.54 bits per heavy atom. The number of rotatable bonds is 3. The van der Waals surface area contributed by atoms with Gasteiger partial charge in [0.25, 0.3) is 0 Å². The summed E-state index contributed by atoms with van der Waals surface area (Å²) in [6, 6.07) is 31.5. The number of hydrogen-bond donors (Lipinski definition) is 0. The topological polar surface area (TPSA) is 17.1 Å². The van der Waals surface area contributed by atoms with E-state index in [1.165, 1.54) is 14.7 Å². The molecular formula is C33H36Br2ClIMgO. The van der Waals surface area contributed by atoms with Gasteiger partial charge >= 0.3 is 23.1 Å². The van der Waals surface area contributed by atoms with Gasteiger partial charge in [-0.3, -0.25) is 0 Å². The van der Waals surface area contributed by atoms with Gasteiger partial charge in [-0.25, -0.2) is 0 Å². The second-order valence-corrected chi connectivity index (χ2v) is 10.5. The fraction of sp³-hybridized carbons (Fsp3) is 0.212. The Morgan fingerprint density at radius 1 is 0.769 bits per heavy atom. The van der Waals surface area contributed by atoms with Crippen molar-refractivity contribution < 1.29 is 29.5 Å². The van der Waals surface area contributed by atoms with Crippen molar-refractivity contribution in [1.82, 2.24) is 0 Å². The quantitative estimate of drug-likeness (QED) is 0.116. The molecule has 0 N–H and O–H groups in total. The average molecular weight is 804 g/mol. The fourth-order valence-electron chi connectivity index (χ4n) is 2.88. The molecule has 0 atom stereocenters. The van der Waals surface area contributed by atoms with Gasteiger partial charge < -0.3 is 23.6 Å². The van der Waals surface area contributed by atoms with Gasteiger partial charge in [0.15, 0.2) is 0 Å². The van der Waals surface area contributed by atoms with Crippen LogP contribution in [0.25, 0.3) is 22.3 Å². The molecule has 0 spiro atoms. The summed E-state index contributed by atoms with van der Waals surface area (Å²) in [6.07, 6.45) is 2.00. The number of carbonyl (C=O) groups is 1. The van der Waals surface area contributed by atoms with Crippen LogP contribution in [0.5, 0.6) is 0 Å². The van der Waals surface area contributed by atoms with E-state index in [-0.39, 0.29) is 41.0 Å². The van der Waals surface area contributed by atoms with Crippen LogP contribution in [0.1, 0.15) is 65.1 Å². The molecule has 0 radical (unpaired) electrons. The molecule has 0 heterocycles. The van der Waals surface area contributed by atoms with Gasteiger partial charge in [0.1, 0.15) is 5.78 Å². The molecule has 0 aliphatic rings. The smallest absolute Gasteiger partial charge is 1.00 e. The molecule has 4 rings (SSSR count). The van der Waals surface area contributed by atoms with E-state index in [1.807, 2.05) is 56.7 Å². The fourth-order valence-corrected chi connectivity index (χ4v) is 4.20. The van der Waals surface area contributed by atoms with Crippen LogP contribution in [-0.2, 0) is 4.79 Å². The first-order valence-electron chi connectivity index (χ1n) is 15.8. The number of Topliss-reactive ketones (excluding diaryl/α,β-unsaturated/α-hetero) is 1. The van der Waals surface area contributed by atoms with Crippen LogP contribution >= 0.6 is 54.5 Å². The van der Waals surface area contributed by atoms with Crippen molar-refractivity contribution >= 4 is 83.3 Å². The van der Waals surface area contributed by atoms with Crippen LogP contribution in [0.4, 0.5) is 0 Å². The van der Waals surface area contributed by atoms with E-state index in [0.717, 1.165) is 22.5 Å². The Hall–Kier alpha value is -0.704. The Kier molecular flexibility index (Phi) is 15.3. The minimum atomic E-state index is -2.60. The first-order chi connectivity index (χ1) is 21.2. The summed E-state index contributed by atoms with van der Waals surface area (Å²) >= 11 is 9.18. The molecule has 0 aliphatic carbocycles. The summed E-state index contributed by atoms with van der Waals surface area (Å²) in [5, 5.41) is 0. The molecule has 0 bridgehead atoms. The number of carbonyl (C=O) groups excluding carboxylic acids is 1. The van der Waals surface area contributed by atoms with Crippen LogP contribution in [0.2, 0.25) is 0 Å². The maximum atomic E-state index is 9.90. The zero-order valence-electron chi connectivity index (χ0n) is 31.0. The van der Waals surface area contributed by atoms with E-state index in [9.17, 15) is 4.79 Å². The maximum Gasteiger partial charge on any atom is 2.00 e. The molecule has 0 aromatic heterocycles. The summed E-state index contributed by atoms with van der Waals surface area (Å²) < 4.78 is 67.3. The zero-order chi connectivity index (χ0) is 35.3. The van der Waals surface area contributed by atoms with Gasteiger partial charge in [0.05, 0.1) is 0 Å². The van der Waals surface area contributed by atoms with Gasteiger partial charge in [-0.2, -0.15) is 13.8 Å². The standard InChI is InChI=1S/C15H15Br.C12H8BrI.C3H6O.C3H7.ClH.Mg/c1-11(2)14-9-8-13(10-15(14)16)12-6-4-3-5-7-12;13-11-8-10(6-7-12(11)14)9-4-2-1-3-5-9;1-3(2)4;1-3-2;;/h3-11H,1-2H3;1-8H;1-2H3;3H,1-2H3;1H;/q;;;-1;;+2/p-1/i1D3,2D3;;1D3;;;. The Labute approximate surface area is 301 Å². The summed E-state index contributed by atoms with van der Waals surface area (Å²) in [7, 11) is 0. The molecule has 0 aliphatic heterocycles. The van der Waals surface area contributed by atoms with Crippen LogP contribution in [0, 0.1) is 9.99 Å². The predicted octanol–water partition coefficient (Wildman–Crippen LogP) is 8.41. The Balaban J connectivity index is 0. The first kappa shape index (κ1) is 26.0. The van der Waals surface area contributed by atoms with Gasteiger partial charge in [-0.1, -0.05) is 108 Å².